The third kappa shape index (κ3) is 5.67. The summed E-state index contributed by atoms with van der Waals surface area (Å²) in [5.41, 5.74) is 0.980. The van der Waals surface area contributed by atoms with Gasteiger partial charge in [-0.25, -0.2) is 4.98 Å². The molecule has 0 saturated heterocycles. The third-order valence-electron chi connectivity index (χ3n) is 2.74. The summed E-state index contributed by atoms with van der Waals surface area (Å²) < 4.78 is 0. The molecule has 1 aromatic rings. The van der Waals surface area contributed by atoms with Gasteiger partial charge in [0.2, 0.25) is 5.91 Å². The highest BCUT2D eigenvalue weighted by Gasteiger charge is 2.11. The lowest BCUT2D eigenvalue weighted by atomic mass is 10.3. The maximum absolute atomic E-state index is 11.6. The predicted molar refractivity (Wildman–Crippen MR) is 77.2 cm³/mol. The van der Waals surface area contributed by atoms with Crippen LogP contribution in [0, 0.1) is 0 Å². The van der Waals surface area contributed by atoms with Crippen LogP contribution in [0.15, 0.2) is 5.38 Å². The number of aliphatic hydroxyl groups excluding tert-OH is 1. The molecule has 0 aliphatic rings. The van der Waals surface area contributed by atoms with E-state index >= 15 is 0 Å². The molecule has 5 nitrogen and oxygen atoms in total. The van der Waals surface area contributed by atoms with Crippen LogP contribution in [0.2, 0.25) is 0 Å². The van der Waals surface area contributed by atoms with E-state index in [1.165, 1.54) is 11.3 Å². The van der Waals surface area contributed by atoms with Crippen LogP contribution in [0.4, 0.5) is 0 Å². The molecule has 0 aromatic carbocycles. The number of hydrogen-bond donors (Lipinski definition) is 1. The van der Waals surface area contributed by atoms with E-state index in [0.717, 1.165) is 30.2 Å². The van der Waals surface area contributed by atoms with E-state index in [9.17, 15) is 4.79 Å². The van der Waals surface area contributed by atoms with E-state index in [0.29, 0.717) is 13.0 Å². The van der Waals surface area contributed by atoms with Crippen molar-refractivity contribution in [2.45, 2.75) is 26.3 Å². The molecule has 6 heteroatoms. The van der Waals surface area contributed by atoms with Gasteiger partial charge in [0.05, 0.1) is 18.7 Å². The van der Waals surface area contributed by atoms with Crippen LogP contribution in [0.25, 0.3) is 0 Å². The van der Waals surface area contributed by atoms with Crippen molar-refractivity contribution in [1.29, 1.82) is 0 Å². The second-order valence-electron chi connectivity index (χ2n) is 4.70. The fraction of sp³-hybridized carbons (Fsp3) is 0.692. The average Bonchev–Trinajstić information content (AvgIpc) is 2.77. The molecule has 0 bridgehead atoms. The molecule has 0 fully saturated rings. The van der Waals surface area contributed by atoms with E-state index in [-0.39, 0.29) is 12.5 Å². The van der Waals surface area contributed by atoms with E-state index in [2.05, 4.69) is 16.8 Å². The fourth-order valence-corrected chi connectivity index (χ4v) is 2.52. The fourth-order valence-electron chi connectivity index (χ4n) is 1.75. The van der Waals surface area contributed by atoms with Gasteiger partial charge in [0.1, 0.15) is 5.01 Å². The number of aliphatic hydroxyl groups is 1. The molecule has 1 N–H and O–H groups in total. The molecule has 1 rings (SSSR count). The van der Waals surface area contributed by atoms with Crippen molar-refractivity contribution in [2.24, 2.45) is 0 Å². The first-order valence-electron chi connectivity index (χ1n) is 6.53. The monoisotopic (exact) mass is 285 g/mol. The summed E-state index contributed by atoms with van der Waals surface area (Å²) >= 11 is 1.53. The van der Waals surface area contributed by atoms with Crippen LogP contribution in [0.3, 0.4) is 0 Å². The highest BCUT2D eigenvalue weighted by Crippen LogP contribution is 2.13. The first-order valence-corrected chi connectivity index (χ1v) is 7.41. The van der Waals surface area contributed by atoms with Gasteiger partial charge in [-0.05, 0) is 13.0 Å². The van der Waals surface area contributed by atoms with Crippen LogP contribution in [-0.4, -0.2) is 59.6 Å². The van der Waals surface area contributed by atoms with Crippen molar-refractivity contribution in [3.63, 3.8) is 0 Å². The number of likely N-dealkylation sites (N-methyl/N-ethyl adjacent to an activating group) is 1. The maximum atomic E-state index is 11.6. The minimum Gasteiger partial charge on any atom is -0.395 e. The molecule has 1 amide bonds. The number of thiazole rings is 1. The topological polar surface area (TPSA) is 56.7 Å². The Morgan fingerprint density at radius 1 is 1.42 bits per heavy atom. The summed E-state index contributed by atoms with van der Waals surface area (Å²) in [5.74, 6) is 0.0710. The minimum absolute atomic E-state index is 0.0710. The Bertz CT molecular complexity index is 387. The third-order valence-corrected chi connectivity index (χ3v) is 3.64. The minimum atomic E-state index is 0.0710. The molecular weight excluding hydrogens is 262 g/mol. The SMILES string of the molecule is CCCN(CCO)Cc1csc(CC(=O)N(C)C)n1. The second-order valence-corrected chi connectivity index (χ2v) is 5.64. The zero-order valence-corrected chi connectivity index (χ0v) is 12.7. The zero-order valence-electron chi connectivity index (χ0n) is 11.9. The lowest BCUT2D eigenvalue weighted by Gasteiger charge is -2.18. The number of aromatic nitrogens is 1. The Hall–Kier alpha value is -0.980. The van der Waals surface area contributed by atoms with Crippen LogP contribution in [0.1, 0.15) is 24.0 Å². The first kappa shape index (κ1) is 16.1. The molecule has 1 aromatic heterocycles. The van der Waals surface area contributed by atoms with Gasteiger partial charge in [0.25, 0.3) is 0 Å². The molecule has 1 heterocycles. The van der Waals surface area contributed by atoms with Gasteiger partial charge in [-0.15, -0.1) is 11.3 Å². The van der Waals surface area contributed by atoms with Crippen LogP contribution in [-0.2, 0) is 17.8 Å². The molecule has 0 aliphatic carbocycles. The van der Waals surface area contributed by atoms with Crippen molar-refractivity contribution in [2.75, 3.05) is 33.8 Å². The number of carbonyl (C=O) groups excluding carboxylic acids is 1. The Labute approximate surface area is 118 Å². The summed E-state index contributed by atoms with van der Waals surface area (Å²) in [4.78, 5) is 19.8. The second kappa shape index (κ2) is 8.24. The number of rotatable bonds is 8. The van der Waals surface area contributed by atoms with Crippen molar-refractivity contribution in [1.82, 2.24) is 14.8 Å². The molecule has 0 saturated carbocycles. The van der Waals surface area contributed by atoms with Gasteiger partial charge < -0.3 is 10.0 Å². The van der Waals surface area contributed by atoms with Crippen molar-refractivity contribution >= 4 is 17.2 Å². The lowest BCUT2D eigenvalue weighted by Crippen LogP contribution is -2.27. The summed E-state index contributed by atoms with van der Waals surface area (Å²) in [6.45, 7) is 4.63. The molecule has 0 spiro atoms. The molecule has 0 atom stereocenters. The van der Waals surface area contributed by atoms with Gasteiger partial charge in [0.15, 0.2) is 0 Å². The molecule has 19 heavy (non-hydrogen) atoms. The van der Waals surface area contributed by atoms with Gasteiger partial charge >= 0.3 is 0 Å². The van der Waals surface area contributed by atoms with Gasteiger partial charge in [-0.1, -0.05) is 6.92 Å². The largest absolute Gasteiger partial charge is 0.395 e. The van der Waals surface area contributed by atoms with Crippen LogP contribution >= 0.6 is 11.3 Å². The zero-order chi connectivity index (χ0) is 14.3. The highest BCUT2D eigenvalue weighted by molar-refractivity contribution is 7.09. The summed E-state index contributed by atoms with van der Waals surface area (Å²) in [5, 5.41) is 11.9. The number of carbonyl (C=O) groups is 1. The number of amides is 1. The maximum Gasteiger partial charge on any atom is 0.228 e. The number of nitrogens with zero attached hydrogens (tertiary/aromatic N) is 3. The smallest absolute Gasteiger partial charge is 0.228 e. The van der Waals surface area contributed by atoms with Crippen molar-refractivity contribution in [3.05, 3.63) is 16.1 Å². The van der Waals surface area contributed by atoms with Crippen molar-refractivity contribution < 1.29 is 9.90 Å². The standard InChI is InChI=1S/C13H23N3O2S/c1-4-5-16(6-7-17)9-11-10-19-12(14-11)8-13(18)15(2)3/h10,17H,4-9H2,1-3H3. The van der Waals surface area contributed by atoms with Gasteiger partial charge in [-0.2, -0.15) is 0 Å². The Morgan fingerprint density at radius 2 is 2.16 bits per heavy atom. The Balaban J connectivity index is 2.55. The Kier molecular flexibility index (Phi) is 6.97. The first-order chi connectivity index (χ1) is 9.06. The van der Waals surface area contributed by atoms with E-state index in [1.54, 1.807) is 19.0 Å². The summed E-state index contributed by atoms with van der Waals surface area (Å²) in [7, 11) is 3.50. The summed E-state index contributed by atoms with van der Waals surface area (Å²) in [6.07, 6.45) is 1.42. The number of hydrogen-bond acceptors (Lipinski definition) is 5. The lowest BCUT2D eigenvalue weighted by molar-refractivity contribution is -0.127. The van der Waals surface area contributed by atoms with E-state index in [1.807, 2.05) is 5.38 Å². The molecule has 108 valence electrons. The molecule has 0 unspecified atom stereocenters. The molecular formula is C13H23N3O2S. The predicted octanol–water partition coefficient (Wildman–Crippen LogP) is 0.978. The molecule has 0 aliphatic heterocycles. The van der Waals surface area contributed by atoms with E-state index in [4.69, 9.17) is 5.11 Å². The highest BCUT2D eigenvalue weighted by atomic mass is 32.1. The van der Waals surface area contributed by atoms with E-state index < -0.39 is 0 Å². The van der Waals surface area contributed by atoms with Gasteiger partial charge in [-0.3, -0.25) is 9.69 Å². The summed E-state index contributed by atoms with van der Waals surface area (Å²) in [6, 6.07) is 0. The molecule has 0 radical (unpaired) electrons. The quantitative estimate of drug-likeness (QED) is 0.773. The van der Waals surface area contributed by atoms with Crippen LogP contribution < -0.4 is 0 Å². The normalized spacial score (nSPS) is 11.0. The average molecular weight is 285 g/mol. The van der Waals surface area contributed by atoms with Crippen LogP contribution in [0.5, 0.6) is 0 Å². The Morgan fingerprint density at radius 3 is 2.74 bits per heavy atom. The van der Waals surface area contributed by atoms with Crippen molar-refractivity contribution in [3.8, 4) is 0 Å². The van der Waals surface area contributed by atoms with Gasteiger partial charge in [0, 0.05) is 32.6 Å².